The first kappa shape index (κ1) is 12.6. The number of hydrogen-bond acceptors (Lipinski definition) is 3. The minimum absolute atomic E-state index is 0.279. The van der Waals surface area contributed by atoms with Crippen molar-refractivity contribution >= 4 is 5.82 Å². The first-order chi connectivity index (χ1) is 8.70. The van der Waals surface area contributed by atoms with Crippen LogP contribution in [0.25, 0.3) is 0 Å². The molecule has 18 heavy (non-hydrogen) atoms. The number of aryl methyl sites for hydroxylation is 2. The Kier molecular flexibility index (Phi) is 3.92. The van der Waals surface area contributed by atoms with Crippen LogP contribution in [-0.2, 0) is 0 Å². The zero-order valence-corrected chi connectivity index (χ0v) is 11.1. The summed E-state index contributed by atoms with van der Waals surface area (Å²) in [6.45, 7) is 6.11. The molecule has 0 spiro atoms. The number of hydrogen-bond donors (Lipinski definition) is 1. The first-order valence-electron chi connectivity index (χ1n) is 6.32. The van der Waals surface area contributed by atoms with Gasteiger partial charge in [0.1, 0.15) is 5.82 Å². The molecule has 0 radical (unpaired) electrons. The van der Waals surface area contributed by atoms with Gasteiger partial charge in [-0.3, -0.25) is 4.98 Å². The maximum absolute atomic E-state index is 4.51. The molecule has 1 aromatic heterocycles. The number of nitrogens with one attached hydrogen (secondary N) is 1. The number of nitrogens with zero attached hydrogens (tertiary/aromatic N) is 2. The summed E-state index contributed by atoms with van der Waals surface area (Å²) >= 11 is 0. The molecule has 0 bridgehead atoms. The van der Waals surface area contributed by atoms with Crippen LogP contribution in [0.5, 0.6) is 0 Å². The van der Waals surface area contributed by atoms with E-state index in [4.69, 9.17) is 0 Å². The van der Waals surface area contributed by atoms with Gasteiger partial charge in [0.05, 0.1) is 17.4 Å². The van der Waals surface area contributed by atoms with Crippen LogP contribution in [0.2, 0.25) is 0 Å². The van der Waals surface area contributed by atoms with Gasteiger partial charge >= 0.3 is 0 Å². The second-order valence-corrected chi connectivity index (χ2v) is 4.46. The molecule has 1 atom stereocenters. The molecule has 94 valence electrons. The fourth-order valence-electron chi connectivity index (χ4n) is 1.95. The Balaban J connectivity index is 2.23. The third-order valence-electron chi connectivity index (χ3n) is 3.00. The van der Waals surface area contributed by atoms with Crippen LogP contribution in [-0.4, -0.2) is 9.97 Å². The summed E-state index contributed by atoms with van der Waals surface area (Å²) in [6.07, 6.45) is 2.81. The van der Waals surface area contributed by atoms with Crippen LogP contribution < -0.4 is 5.32 Å². The zero-order chi connectivity index (χ0) is 13.0. The molecule has 3 heteroatoms. The number of benzene rings is 1. The predicted octanol–water partition coefficient (Wildman–Crippen LogP) is 3.66. The third kappa shape index (κ3) is 2.86. The summed E-state index contributed by atoms with van der Waals surface area (Å²) in [5, 5.41) is 3.48. The highest BCUT2D eigenvalue weighted by molar-refractivity contribution is 5.42. The van der Waals surface area contributed by atoms with E-state index in [0.29, 0.717) is 0 Å². The molecule has 2 aromatic rings. The molecule has 3 nitrogen and oxygen atoms in total. The maximum Gasteiger partial charge on any atom is 0.148 e. The van der Waals surface area contributed by atoms with Crippen molar-refractivity contribution in [3.63, 3.8) is 0 Å². The summed E-state index contributed by atoms with van der Waals surface area (Å²) in [6, 6.07) is 10.7. The van der Waals surface area contributed by atoms with Gasteiger partial charge in [-0.2, -0.15) is 0 Å². The highest BCUT2D eigenvalue weighted by Gasteiger charge is 2.11. The Morgan fingerprint density at radius 3 is 2.56 bits per heavy atom. The second-order valence-electron chi connectivity index (χ2n) is 4.46. The molecule has 0 aliphatic carbocycles. The van der Waals surface area contributed by atoms with Crippen molar-refractivity contribution in [2.45, 2.75) is 33.2 Å². The van der Waals surface area contributed by atoms with Gasteiger partial charge in [0.15, 0.2) is 0 Å². The average Bonchev–Trinajstić information content (AvgIpc) is 2.41. The fraction of sp³-hybridized carbons (Fsp3) is 0.333. The summed E-state index contributed by atoms with van der Waals surface area (Å²) in [5.41, 5.74) is 3.16. The third-order valence-corrected chi connectivity index (χ3v) is 3.00. The molecule has 0 saturated heterocycles. The van der Waals surface area contributed by atoms with Crippen molar-refractivity contribution in [3.8, 4) is 0 Å². The molecule has 0 fully saturated rings. The summed E-state index contributed by atoms with van der Waals surface area (Å²) in [4.78, 5) is 8.85. The van der Waals surface area contributed by atoms with Gasteiger partial charge in [-0.1, -0.05) is 37.3 Å². The van der Waals surface area contributed by atoms with E-state index in [-0.39, 0.29) is 6.04 Å². The van der Waals surface area contributed by atoms with Gasteiger partial charge < -0.3 is 5.32 Å². The summed E-state index contributed by atoms with van der Waals surface area (Å²) in [7, 11) is 0. The smallest absolute Gasteiger partial charge is 0.148 e. The van der Waals surface area contributed by atoms with Crippen LogP contribution in [0.3, 0.4) is 0 Å². The van der Waals surface area contributed by atoms with Crippen molar-refractivity contribution in [1.29, 1.82) is 0 Å². The van der Waals surface area contributed by atoms with E-state index in [1.165, 1.54) is 5.56 Å². The maximum atomic E-state index is 4.51. The van der Waals surface area contributed by atoms with E-state index in [1.807, 2.05) is 19.9 Å². The van der Waals surface area contributed by atoms with Crippen LogP contribution >= 0.6 is 0 Å². The van der Waals surface area contributed by atoms with E-state index in [1.54, 1.807) is 6.20 Å². The molecular formula is C15H19N3. The summed E-state index contributed by atoms with van der Waals surface area (Å²) < 4.78 is 0. The lowest BCUT2D eigenvalue weighted by molar-refractivity contribution is 0.740. The molecule has 1 heterocycles. The lowest BCUT2D eigenvalue weighted by atomic mass is 10.0. The van der Waals surface area contributed by atoms with Crippen molar-refractivity contribution in [2.75, 3.05) is 5.32 Å². The van der Waals surface area contributed by atoms with Gasteiger partial charge in [0.2, 0.25) is 0 Å². The van der Waals surface area contributed by atoms with Crippen LogP contribution in [0.1, 0.15) is 36.3 Å². The van der Waals surface area contributed by atoms with Crippen LogP contribution in [0.15, 0.2) is 36.5 Å². The minimum Gasteiger partial charge on any atom is -0.362 e. The molecular weight excluding hydrogens is 222 g/mol. The topological polar surface area (TPSA) is 37.8 Å². The SMILES string of the molecule is CCC(Nc1nc(C)cnc1C)c1ccccc1. The lowest BCUT2D eigenvalue weighted by Gasteiger charge is -2.19. The van der Waals surface area contributed by atoms with E-state index < -0.39 is 0 Å². The summed E-state index contributed by atoms with van der Waals surface area (Å²) in [5.74, 6) is 0.880. The van der Waals surface area contributed by atoms with Crippen molar-refractivity contribution in [3.05, 3.63) is 53.5 Å². The van der Waals surface area contributed by atoms with E-state index in [0.717, 1.165) is 23.6 Å². The van der Waals surface area contributed by atoms with Crippen molar-refractivity contribution in [1.82, 2.24) is 9.97 Å². The van der Waals surface area contributed by atoms with Gasteiger partial charge in [-0.05, 0) is 25.8 Å². The Hall–Kier alpha value is -1.90. The van der Waals surface area contributed by atoms with Gasteiger partial charge in [0.25, 0.3) is 0 Å². The van der Waals surface area contributed by atoms with Crippen molar-refractivity contribution < 1.29 is 0 Å². The van der Waals surface area contributed by atoms with E-state index >= 15 is 0 Å². The normalized spacial score (nSPS) is 12.2. The Morgan fingerprint density at radius 2 is 1.89 bits per heavy atom. The van der Waals surface area contributed by atoms with Gasteiger partial charge in [0, 0.05) is 6.20 Å². The molecule has 1 unspecified atom stereocenters. The fourth-order valence-corrected chi connectivity index (χ4v) is 1.95. The van der Waals surface area contributed by atoms with Gasteiger partial charge in [-0.25, -0.2) is 4.98 Å². The average molecular weight is 241 g/mol. The Morgan fingerprint density at radius 1 is 1.17 bits per heavy atom. The second kappa shape index (κ2) is 5.63. The Bertz CT molecular complexity index is 508. The molecule has 1 N–H and O–H groups in total. The minimum atomic E-state index is 0.279. The molecule has 2 rings (SSSR count). The van der Waals surface area contributed by atoms with E-state index in [9.17, 15) is 0 Å². The van der Waals surface area contributed by atoms with Crippen molar-refractivity contribution in [2.24, 2.45) is 0 Å². The monoisotopic (exact) mass is 241 g/mol. The largest absolute Gasteiger partial charge is 0.362 e. The highest BCUT2D eigenvalue weighted by Crippen LogP contribution is 2.22. The van der Waals surface area contributed by atoms with E-state index in [2.05, 4.69) is 46.5 Å². The molecule has 0 aliphatic heterocycles. The molecule has 1 aromatic carbocycles. The number of anilines is 1. The van der Waals surface area contributed by atoms with Gasteiger partial charge in [-0.15, -0.1) is 0 Å². The van der Waals surface area contributed by atoms with Crippen LogP contribution in [0, 0.1) is 13.8 Å². The highest BCUT2D eigenvalue weighted by atomic mass is 15.0. The number of rotatable bonds is 4. The molecule has 0 amide bonds. The quantitative estimate of drug-likeness (QED) is 0.887. The zero-order valence-electron chi connectivity index (χ0n) is 11.1. The Labute approximate surface area is 108 Å². The standard InChI is InChI=1S/C15H19N3/c1-4-14(13-8-6-5-7-9-13)18-15-12(3)16-10-11(2)17-15/h5-10,14H,4H2,1-3H3,(H,17,18). The predicted molar refractivity (Wildman–Crippen MR) is 74.6 cm³/mol. The molecule has 0 aliphatic rings. The molecule has 0 saturated carbocycles. The number of aromatic nitrogens is 2. The van der Waals surface area contributed by atoms with Crippen LogP contribution in [0.4, 0.5) is 5.82 Å². The first-order valence-corrected chi connectivity index (χ1v) is 6.32. The lowest BCUT2D eigenvalue weighted by Crippen LogP contribution is -2.12.